The van der Waals surface area contributed by atoms with Gasteiger partial charge in [0.25, 0.3) is 6.29 Å². The van der Waals surface area contributed by atoms with Crippen molar-refractivity contribution in [3.8, 4) is 0 Å². The third kappa shape index (κ3) is 2.34. The molecule has 11 heavy (non-hydrogen) atoms. The minimum atomic E-state index is -4.65. The Morgan fingerprint density at radius 1 is 1.55 bits per heavy atom. The number of hydrogen-bond acceptors (Lipinski definition) is 2. The summed E-state index contributed by atoms with van der Waals surface area (Å²) in [5.74, 6) is 0.145. The van der Waals surface area contributed by atoms with Crippen LogP contribution in [0.4, 0.5) is 13.2 Å². The summed E-state index contributed by atoms with van der Waals surface area (Å²) < 4.78 is 39.0. The van der Waals surface area contributed by atoms with Crippen molar-refractivity contribution < 1.29 is 23.0 Å². The van der Waals surface area contributed by atoms with Crippen LogP contribution >= 0.6 is 0 Å². The lowest BCUT2D eigenvalue weighted by atomic mass is 10.5. The molecule has 1 N–H and O–H groups in total. The summed E-state index contributed by atoms with van der Waals surface area (Å²) >= 11 is 0. The lowest BCUT2D eigenvalue weighted by Gasteiger charge is -2.14. The normalized spacial score (nSPS) is 33.5. The van der Waals surface area contributed by atoms with Crippen LogP contribution in [0.15, 0.2) is 0 Å². The summed E-state index contributed by atoms with van der Waals surface area (Å²) in [4.78, 5) is 0. The van der Waals surface area contributed by atoms with E-state index in [1.165, 1.54) is 0 Å². The Balaban J connectivity index is 2.26. The van der Waals surface area contributed by atoms with Crippen LogP contribution in [0, 0.1) is 5.92 Å². The van der Waals surface area contributed by atoms with Crippen LogP contribution in [0.1, 0.15) is 13.3 Å². The van der Waals surface area contributed by atoms with Gasteiger partial charge in [-0.2, -0.15) is 13.2 Å². The van der Waals surface area contributed by atoms with E-state index in [2.05, 4.69) is 4.74 Å². The Kier molecular flexibility index (Phi) is 2.11. The summed E-state index contributed by atoms with van der Waals surface area (Å²) in [5, 5.41) is 8.37. The Labute approximate surface area is 62.0 Å². The molecule has 1 saturated carbocycles. The van der Waals surface area contributed by atoms with Gasteiger partial charge in [0, 0.05) is 0 Å². The van der Waals surface area contributed by atoms with E-state index in [1.807, 2.05) is 0 Å². The highest BCUT2D eigenvalue weighted by Gasteiger charge is 2.45. The second kappa shape index (κ2) is 2.64. The van der Waals surface area contributed by atoms with E-state index in [0.717, 1.165) is 0 Å². The molecule has 1 rings (SSSR count). The predicted octanol–water partition coefficient (Wildman–Crippen LogP) is 1.29. The Bertz CT molecular complexity index is 145. The molecule has 0 spiro atoms. The molecule has 2 nitrogen and oxygen atoms in total. The highest BCUT2D eigenvalue weighted by Crippen LogP contribution is 2.36. The fraction of sp³-hybridized carbons (Fsp3) is 1.00. The molecule has 1 fully saturated rings. The zero-order chi connectivity index (χ0) is 8.65. The second-order valence-electron chi connectivity index (χ2n) is 2.78. The van der Waals surface area contributed by atoms with E-state index in [9.17, 15) is 13.2 Å². The molecule has 0 heterocycles. The maximum Gasteiger partial charge on any atom is 0.439 e. The van der Waals surface area contributed by atoms with Crippen molar-refractivity contribution in [3.63, 3.8) is 0 Å². The average molecular weight is 170 g/mol. The highest BCUT2D eigenvalue weighted by molar-refractivity contribution is 4.84. The number of alkyl halides is 3. The fourth-order valence-corrected chi connectivity index (χ4v) is 0.720. The van der Waals surface area contributed by atoms with E-state index >= 15 is 0 Å². The van der Waals surface area contributed by atoms with E-state index < -0.39 is 18.6 Å². The smallest absolute Gasteiger partial charge is 0.361 e. The van der Waals surface area contributed by atoms with Crippen LogP contribution in [0.2, 0.25) is 0 Å². The van der Waals surface area contributed by atoms with E-state index in [0.29, 0.717) is 6.42 Å². The first-order valence-corrected chi connectivity index (χ1v) is 3.31. The predicted molar refractivity (Wildman–Crippen MR) is 30.7 cm³/mol. The molecule has 0 bridgehead atoms. The summed E-state index contributed by atoms with van der Waals surface area (Å²) in [5.41, 5.74) is 0. The minimum Gasteiger partial charge on any atom is -0.361 e. The zero-order valence-corrected chi connectivity index (χ0v) is 5.93. The van der Waals surface area contributed by atoms with Crippen LogP contribution in [0.3, 0.4) is 0 Å². The molecule has 0 amide bonds. The molecule has 0 aromatic rings. The van der Waals surface area contributed by atoms with Gasteiger partial charge >= 0.3 is 6.18 Å². The Hall–Kier alpha value is -0.290. The number of aliphatic hydroxyl groups is 1. The van der Waals surface area contributed by atoms with E-state index in [4.69, 9.17) is 5.11 Å². The van der Waals surface area contributed by atoms with Gasteiger partial charge in [-0.15, -0.1) is 0 Å². The number of halogens is 3. The molecule has 0 radical (unpaired) electrons. The van der Waals surface area contributed by atoms with Crippen molar-refractivity contribution in [1.82, 2.24) is 0 Å². The standard InChI is InChI=1S/C6H9F3O2/c1-3-2-4(3)11-5(10)6(7,8)9/h3-5,10H,2H2,1H3/t3?,4-,5?/m0/s1. The number of aliphatic hydroxyl groups excluding tert-OH is 1. The van der Waals surface area contributed by atoms with Crippen LogP contribution in [-0.4, -0.2) is 23.7 Å². The molecular weight excluding hydrogens is 161 g/mol. The molecule has 0 aromatic heterocycles. The minimum absolute atomic E-state index is 0.145. The van der Waals surface area contributed by atoms with E-state index in [-0.39, 0.29) is 5.92 Å². The molecule has 1 aliphatic carbocycles. The summed E-state index contributed by atoms with van der Waals surface area (Å²) in [6.45, 7) is 1.77. The van der Waals surface area contributed by atoms with Gasteiger partial charge in [0.1, 0.15) is 0 Å². The first kappa shape index (κ1) is 8.80. The average Bonchev–Trinajstić information content (AvgIpc) is 2.44. The van der Waals surface area contributed by atoms with Crippen LogP contribution in [-0.2, 0) is 4.74 Å². The molecule has 0 aliphatic heterocycles. The highest BCUT2D eigenvalue weighted by atomic mass is 19.4. The van der Waals surface area contributed by atoms with Gasteiger partial charge in [-0.05, 0) is 12.3 Å². The van der Waals surface area contributed by atoms with Gasteiger partial charge in [0.05, 0.1) is 6.10 Å². The first-order chi connectivity index (χ1) is 4.91. The van der Waals surface area contributed by atoms with Gasteiger partial charge < -0.3 is 9.84 Å². The molecule has 2 unspecified atom stereocenters. The Morgan fingerprint density at radius 3 is 2.27 bits per heavy atom. The lowest BCUT2D eigenvalue weighted by molar-refractivity contribution is -0.297. The fourth-order valence-electron chi connectivity index (χ4n) is 0.720. The van der Waals surface area contributed by atoms with Gasteiger partial charge in [-0.1, -0.05) is 6.92 Å². The SMILES string of the molecule is CC1C[C@@H]1OC(O)C(F)(F)F. The monoisotopic (exact) mass is 170 g/mol. The van der Waals surface area contributed by atoms with Crippen molar-refractivity contribution in [1.29, 1.82) is 0 Å². The zero-order valence-electron chi connectivity index (χ0n) is 5.93. The summed E-state index contributed by atoms with van der Waals surface area (Å²) in [7, 11) is 0. The van der Waals surface area contributed by atoms with Crippen molar-refractivity contribution in [2.75, 3.05) is 0 Å². The summed E-state index contributed by atoms with van der Waals surface area (Å²) in [6.07, 6.45) is -7.07. The van der Waals surface area contributed by atoms with Gasteiger partial charge in [-0.25, -0.2) is 0 Å². The number of ether oxygens (including phenoxy) is 1. The van der Waals surface area contributed by atoms with Gasteiger partial charge in [0.2, 0.25) is 0 Å². The number of rotatable bonds is 2. The molecule has 3 atom stereocenters. The maximum absolute atomic E-state index is 11.6. The molecule has 0 saturated heterocycles. The van der Waals surface area contributed by atoms with E-state index in [1.54, 1.807) is 6.92 Å². The molecule has 0 aromatic carbocycles. The largest absolute Gasteiger partial charge is 0.439 e. The lowest BCUT2D eigenvalue weighted by Crippen LogP contribution is -2.32. The summed E-state index contributed by atoms with van der Waals surface area (Å²) in [6, 6.07) is 0. The quantitative estimate of drug-likeness (QED) is 0.633. The van der Waals surface area contributed by atoms with Gasteiger partial charge in [-0.3, -0.25) is 0 Å². The number of hydrogen-bond donors (Lipinski definition) is 1. The Morgan fingerprint density at radius 2 is 2.00 bits per heavy atom. The maximum atomic E-state index is 11.6. The first-order valence-electron chi connectivity index (χ1n) is 3.31. The molecule has 66 valence electrons. The van der Waals surface area contributed by atoms with Crippen LogP contribution in [0.25, 0.3) is 0 Å². The van der Waals surface area contributed by atoms with Crippen molar-refractivity contribution in [2.45, 2.75) is 31.9 Å². The van der Waals surface area contributed by atoms with Crippen LogP contribution in [0.5, 0.6) is 0 Å². The molecular formula is C6H9F3O2. The van der Waals surface area contributed by atoms with Crippen LogP contribution < -0.4 is 0 Å². The van der Waals surface area contributed by atoms with Gasteiger partial charge in [0.15, 0.2) is 0 Å². The van der Waals surface area contributed by atoms with Crippen molar-refractivity contribution in [2.24, 2.45) is 5.92 Å². The third-order valence-corrected chi connectivity index (χ3v) is 1.62. The van der Waals surface area contributed by atoms with Crippen molar-refractivity contribution in [3.05, 3.63) is 0 Å². The molecule has 1 aliphatic rings. The molecule has 5 heteroatoms. The topological polar surface area (TPSA) is 29.5 Å². The van der Waals surface area contributed by atoms with Crippen molar-refractivity contribution >= 4 is 0 Å². The third-order valence-electron chi connectivity index (χ3n) is 1.62. The second-order valence-corrected chi connectivity index (χ2v) is 2.78.